The average molecular weight is 390 g/mol. The fraction of sp³-hybridized carbons (Fsp3) is 0.0909. The summed E-state index contributed by atoms with van der Waals surface area (Å²) in [6.07, 6.45) is 0. The van der Waals surface area contributed by atoms with Gasteiger partial charge in [-0.3, -0.25) is 10.1 Å². The van der Waals surface area contributed by atoms with Crippen molar-refractivity contribution in [3.8, 4) is 11.5 Å². The normalized spacial score (nSPS) is 10.8. The molecule has 28 heavy (non-hydrogen) atoms. The Labute approximate surface area is 166 Å². The van der Waals surface area contributed by atoms with Crippen molar-refractivity contribution >= 4 is 32.6 Å². The number of para-hydroxylation sites is 1. The molecule has 4 aromatic rings. The Morgan fingerprint density at radius 1 is 1.00 bits per heavy atom. The van der Waals surface area contributed by atoms with Gasteiger partial charge in [-0.25, -0.2) is 4.98 Å². The Morgan fingerprint density at radius 3 is 2.68 bits per heavy atom. The van der Waals surface area contributed by atoms with E-state index in [0.717, 1.165) is 27.3 Å². The van der Waals surface area contributed by atoms with Gasteiger partial charge in [-0.05, 0) is 42.0 Å². The molecule has 140 valence electrons. The lowest BCUT2D eigenvalue weighted by atomic mass is 10.1. The molecule has 4 rings (SSSR count). The summed E-state index contributed by atoms with van der Waals surface area (Å²) < 4.78 is 11.9. The number of nitrogens with one attached hydrogen (secondary N) is 1. The summed E-state index contributed by atoms with van der Waals surface area (Å²) in [5, 5.41) is 3.42. The van der Waals surface area contributed by atoms with Gasteiger partial charge in [0, 0.05) is 18.7 Å². The van der Waals surface area contributed by atoms with Crippen LogP contribution in [0.25, 0.3) is 10.2 Å². The lowest BCUT2D eigenvalue weighted by Crippen LogP contribution is -2.11. The highest BCUT2D eigenvalue weighted by Gasteiger charge is 2.11. The van der Waals surface area contributed by atoms with E-state index in [1.165, 1.54) is 11.3 Å². The van der Waals surface area contributed by atoms with Gasteiger partial charge in [0.2, 0.25) is 0 Å². The first-order chi connectivity index (χ1) is 13.7. The van der Waals surface area contributed by atoms with Gasteiger partial charge in [0.05, 0.1) is 16.8 Å². The van der Waals surface area contributed by atoms with Crippen molar-refractivity contribution in [3.63, 3.8) is 0 Å². The van der Waals surface area contributed by atoms with Crippen LogP contribution < -0.4 is 10.1 Å². The van der Waals surface area contributed by atoms with Crippen molar-refractivity contribution < 1.29 is 14.3 Å². The molecule has 0 aliphatic heterocycles. The molecule has 0 aliphatic rings. The van der Waals surface area contributed by atoms with E-state index in [-0.39, 0.29) is 5.91 Å². The number of methoxy groups -OCH3 is 1. The van der Waals surface area contributed by atoms with Gasteiger partial charge in [-0.15, -0.1) is 0 Å². The third kappa shape index (κ3) is 4.19. The number of ether oxygens (including phenoxy) is 2. The molecule has 5 nitrogen and oxygen atoms in total. The minimum Gasteiger partial charge on any atom is -0.457 e. The fourth-order valence-corrected chi connectivity index (χ4v) is 3.67. The maximum absolute atomic E-state index is 12.5. The number of nitrogens with zero attached hydrogens (tertiary/aromatic N) is 1. The summed E-state index contributed by atoms with van der Waals surface area (Å²) in [5.41, 5.74) is 2.33. The third-order valence-electron chi connectivity index (χ3n) is 4.06. The number of amides is 1. The smallest absolute Gasteiger partial charge is 0.257 e. The van der Waals surface area contributed by atoms with Crippen LogP contribution in [0.1, 0.15) is 15.9 Å². The highest BCUT2D eigenvalue weighted by molar-refractivity contribution is 7.22. The first kappa shape index (κ1) is 18.2. The zero-order chi connectivity index (χ0) is 19.3. The number of fused-ring (bicyclic) bond motifs is 1. The van der Waals surface area contributed by atoms with Gasteiger partial charge < -0.3 is 9.47 Å². The molecule has 0 unspecified atom stereocenters. The summed E-state index contributed by atoms with van der Waals surface area (Å²) in [7, 11) is 1.63. The molecule has 1 amide bonds. The molecule has 1 aromatic heterocycles. The Bertz CT molecular complexity index is 1110. The van der Waals surface area contributed by atoms with Crippen molar-refractivity contribution in [2.24, 2.45) is 0 Å². The number of aromatic nitrogens is 1. The molecule has 0 spiro atoms. The number of anilines is 1. The lowest BCUT2D eigenvalue weighted by Gasteiger charge is -2.04. The number of hydrogen-bond donors (Lipinski definition) is 1. The highest BCUT2D eigenvalue weighted by atomic mass is 32.1. The Balaban J connectivity index is 1.51. The summed E-state index contributed by atoms with van der Waals surface area (Å²) >= 11 is 1.41. The molecule has 0 saturated carbocycles. The second-order valence-electron chi connectivity index (χ2n) is 6.15. The van der Waals surface area contributed by atoms with E-state index >= 15 is 0 Å². The number of thiazole rings is 1. The van der Waals surface area contributed by atoms with Gasteiger partial charge in [0.1, 0.15) is 11.5 Å². The molecule has 0 atom stereocenters. The van der Waals surface area contributed by atoms with Crippen molar-refractivity contribution in [1.29, 1.82) is 0 Å². The number of carbonyl (C=O) groups is 1. The maximum Gasteiger partial charge on any atom is 0.257 e. The SMILES string of the molecule is COCc1cccc(C(=O)Nc2nc3ccc(Oc4ccccc4)cc3s2)c1. The molecule has 3 aromatic carbocycles. The standard InChI is InChI=1S/C22H18N2O3S/c1-26-14-15-6-5-7-16(12-15)21(25)24-22-23-19-11-10-18(13-20(19)28-22)27-17-8-3-2-4-9-17/h2-13H,14H2,1H3,(H,23,24,25). The van der Waals surface area contributed by atoms with Crippen molar-refractivity contribution in [2.45, 2.75) is 6.61 Å². The minimum absolute atomic E-state index is 0.197. The minimum atomic E-state index is -0.197. The van der Waals surface area contributed by atoms with E-state index in [4.69, 9.17) is 9.47 Å². The fourth-order valence-electron chi connectivity index (χ4n) is 2.78. The van der Waals surface area contributed by atoms with Gasteiger partial charge in [0.15, 0.2) is 5.13 Å². The number of carbonyl (C=O) groups excluding carboxylic acids is 1. The molecular formula is C22H18N2O3S. The van der Waals surface area contributed by atoms with Crippen LogP contribution in [0.5, 0.6) is 11.5 Å². The van der Waals surface area contributed by atoms with Crippen LogP contribution in [0.4, 0.5) is 5.13 Å². The monoisotopic (exact) mass is 390 g/mol. The van der Waals surface area contributed by atoms with Crippen LogP contribution >= 0.6 is 11.3 Å². The van der Waals surface area contributed by atoms with Crippen molar-refractivity contribution in [3.05, 3.63) is 83.9 Å². The third-order valence-corrected chi connectivity index (χ3v) is 4.99. The summed E-state index contributed by atoms with van der Waals surface area (Å²) in [6, 6.07) is 22.6. The Kier molecular flexibility index (Phi) is 5.32. The molecule has 0 bridgehead atoms. The second-order valence-corrected chi connectivity index (χ2v) is 7.18. The molecule has 0 fully saturated rings. The summed E-state index contributed by atoms with van der Waals surface area (Å²) in [5.74, 6) is 1.31. The van der Waals surface area contributed by atoms with Gasteiger partial charge in [0.25, 0.3) is 5.91 Å². The topological polar surface area (TPSA) is 60.5 Å². The van der Waals surface area contributed by atoms with Crippen LogP contribution in [-0.2, 0) is 11.3 Å². The quantitative estimate of drug-likeness (QED) is 0.473. The highest BCUT2D eigenvalue weighted by Crippen LogP contribution is 2.31. The zero-order valence-corrected chi connectivity index (χ0v) is 16.0. The van der Waals surface area contributed by atoms with Gasteiger partial charge in [-0.1, -0.05) is 41.7 Å². The van der Waals surface area contributed by atoms with E-state index < -0.39 is 0 Å². The predicted octanol–water partition coefficient (Wildman–Crippen LogP) is 5.49. The van der Waals surface area contributed by atoms with E-state index in [1.807, 2.05) is 66.7 Å². The zero-order valence-electron chi connectivity index (χ0n) is 15.2. The number of hydrogen-bond acceptors (Lipinski definition) is 5. The molecular weight excluding hydrogens is 372 g/mol. The molecule has 1 heterocycles. The van der Waals surface area contributed by atoms with Crippen molar-refractivity contribution in [2.75, 3.05) is 12.4 Å². The van der Waals surface area contributed by atoms with E-state index in [1.54, 1.807) is 13.2 Å². The first-order valence-corrected chi connectivity index (χ1v) is 9.55. The van der Waals surface area contributed by atoms with Crippen LogP contribution in [0.15, 0.2) is 72.8 Å². The summed E-state index contributed by atoms with van der Waals surface area (Å²) in [6.45, 7) is 0.465. The predicted molar refractivity (Wildman–Crippen MR) is 111 cm³/mol. The van der Waals surface area contributed by atoms with E-state index in [0.29, 0.717) is 17.3 Å². The molecule has 0 aliphatic carbocycles. The lowest BCUT2D eigenvalue weighted by molar-refractivity contribution is 0.102. The van der Waals surface area contributed by atoms with Crippen LogP contribution in [0, 0.1) is 0 Å². The van der Waals surface area contributed by atoms with Gasteiger partial charge in [-0.2, -0.15) is 0 Å². The summed E-state index contributed by atoms with van der Waals surface area (Å²) in [4.78, 5) is 17.0. The molecule has 0 saturated heterocycles. The van der Waals surface area contributed by atoms with E-state index in [2.05, 4.69) is 10.3 Å². The largest absolute Gasteiger partial charge is 0.457 e. The molecule has 0 radical (unpaired) electrons. The maximum atomic E-state index is 12.5. The van der Waals surface area contributed by atoms with Gasteiger partial charge >= 0.3 is 0 Å². The number of rotatable bonds is 6. The first-order valence-electron chi connectivity index (χ1n) is 8.74. The Hall–Kier alpha value is -3.22. The number of benzene rings is 3. The molecule has 1 N–H and O–H groups in total. The average Bonchev–Trinajstić information content (AvgIpc) is 3.11. The van der Waals surface area contributed by atoms with E-state index in [9.17, 15) is 4.79 Å². The molecule has 6 heteroatoms. The van der Waals surface area contributed by atoms with Crippen LogP contribution in [0.3, 0.4) is 0 Å². The second kappa shape index (κ2) is 8.21. The van der Waals surface area contributed by atoms with Crippen molar-refractivity contribution in [1.82, 2.24) is 4.98 Å². The Morgan fingerprint density at radius 2 is 1.86 bits per heavy atom. The van der Waals surface area contributed by atoms with Crippen LogP contribution in [-0.4, -0.2) is 18.0 Å². The van der Waals surface area contributed by atoms with Crippen LogP contribution in [0.2, 0.25) is 0 Å².